The highest BCUT2D eigenvalue weighted by Gasteiger charge is 2.36. The number of ketones is 1. The van der Waals surface area contributed by atoms with Crippen molar-refractivity contribution in [2.24, 2.45) is 0 Å². The summed E-state index contributed by atoms with van der Waals surface area (Å²) in [6.07, 6.45) is -0.585. The van der Waals surface area contributed by atoms with Crippen LogP contribution in [0.5, 0.6) is 11.5 Å². The normalized spacial score (nSPS) is 18.8. The number of Topliss-reactive ketones (excluding diaryl/α,β-unsaturated/α-hetero) is 1. The Kier molecular flexibility index (Phi) is 5.32. The van der Waals surface area contributed by atoms with Crippen LogP contribution in [-0.2, 0) is 6.18 Å². The zero-order valence-electron chi connectivity index (χ0n) is 15.6. The predicted octanol–water partition coefficient (Wildman–Crippen LogP) is 5.01. The second kappa shape index (κ2) is 7.91. The fourth-order valence-corrected chi connectivity index (χ4v) is 3.88. The van der Waals surface area contributed by atoms with E-state index in [2.05, 4.69) is 4.90 Å². The zero-order valence-corrected chi connectivity index (χ0v) is 15.6. The number of ether oxygens (including phenoxy) is 2. The number of carbonyl (C=O) groups is 1. The molecule has 4 nitrogen and oxygen atoms in total. The quantitative estimate of drug-likeness (QED) is 0.658. The van der Waals surface area contributed by atoms with Crippen LogP contribution in [0, 0.1) is 0 Å². The molecule has 29 heavy (non-hydrogen) atoms. The van der Waals surface area contributed by atoms with Gasteiger partial charge in [0.2, 0.25) is 0 Å². The van der Waals surface area contributed by atoms with Gasteiger partial charge in [-0.15, -0.1) is 0 Å². The van der Waals surface area contributed by atoms with Gasteiger partial charge in [0.05, 0.1) is 5.56 Å². The van der Waals surface area contributed by atoms with Crippen LogP contribution in [0.2, 0.25) is 0 Å². The zero-order chi connectivity index (χ0) is 20.4. The maximum Gasteiger partial charge on any atom is 0.416 e. The maximum atomic E-state index is 13.3. The summed E-state index contributed by atoms with van der Waals surface area (Å²) in [5, 5.41) is 0. The topological polar surface area (TPSA) is 38.8 Å². The molecular weight excluding hydrogens is 383 g/mol. The summed E-state index contributed by atoms with van der Waals surface area (Å²) in [5.74, 6) is 0.826. The Labute approximate surface area is 166 Å². The molecule has 0 spiro atoms. The molecule has 0 aromatic heterocycles. The molecule has 1 saturated heterocycles. The van der Waals surface area contributed by atoms with E-state index in [0.29, 0.717) is 55.1 Å². The fourth-order valence-electron chi connectivity index (χ4n) is 3.88. The second-order valence-corrected chi connectivity index (χ2v) is 7.21. The lowest BCUT2D eigenvalue weighted by molar-refractivity contribution is -0.138. The van der Waals surface area contributed by atoms with Crippen molar-refractivity contribution < 1.29 is 27.4 Å². The van der Waals surface area contributed by atoms with Gasteiger partial charge in [-0.25, -0.2) is 0 Å². The third kappa shape index (κ3) is 4.29. The lowest BCUT2D eigenvalue weighted by Gasteiger charge is -2.19. The fraction of sp³-hybridized carbons (Fsp3) is 0.318. The van der Waals surface area contributed by atoms with Crippen molar-refractivity contribution in [3.63, 3.8) is 0 Å². The molecule has 152 valence electrons. The molecule has 0 amide bonds. The molecule has 1 fully saturated rings. The van der Waals surface area contributed by atoms with Crippen molar-refractivity contribution in [3.8, 4) is 11.5 Å². The number of alkyl halides is 3. The van der Waals surface area contributed by atoms with Crippen molar-refractivity contribution >= 4 is 5.78 Å². The first-order chi connectivity index (χ1) is 13.9. The van der Waals surface area contributed by atoms with Gasteiger partial charge in [0, 0.05) is 25.1 Å². The average Bonchev–Trinajstić information content (AvgIpc) is 3.20. The number of likely N-dealkylation sites (tertiary alicyclic amines) is 1. The molecule has 1 unspecified atom stereocenters. The van der Waals surface area contributed by atoms with Gasteiger partial charge in [0.25, 0.3) is 0 Å². The molecule has 1 atom stereocenters. The van der Waals surface area contributed by atoms with E-state index in [4.69, 9.17) is 9.47 Å². The van der Waals surface area contributed by atoms with Crippen LogP contribution in [0.4, 0.5) is 13.2 Å². The summed E-state index contributed by atoms with van der Waals surface area (Å²) in [4.78, 5) is 14.6. The molecule has 0 aliphatic carbocycles. The van der Waals surface area contributed by atoms with Gasteiger partial charge in [-0.1, -0.05) is 18.2 Å². The Bertz CT molecular complexity index is 939. The van der Waals surface area contributed by atoms with E-state index in [0.717, 1.165) is 6.07 Å². The average molecular weight is 403 g/mol. The van der Waals surface area contributed by atoms with Crippen LogP contribution < -0.4 is 9.47 Å². The third-order valence-corrected chi connectivity index (χ3v) is 5.34. The van der Waals surface area contributed by atoms with Gasteiger partial charge in [-0.3, -0.25) is 4.79 Å². The number of rotatable bonds is 5. The van der Waals surface area contributed by atoms with Gasteiger partial charge < -0.3 is 14.4 Å². The molecule has 7 heteroatoms. The molecule has 2 aromatic rings. The highest BCUT2D eigenvalue weighted by molar-refractivity contribution is 5.96. The number of carbonyl (C=O) groups excluding carboxylic acids is 1. The lowest BCUT2D eigenvalue weighted by Crippen LogP contribution is -2.24. The van der Waals surface area contributed by atoms with Crippen molar-refractivity contribution in [1.82, 2.24) is 4.90 Å². The predicted molar refractivity (Wildman–Crippen MR) is 101 cm³/mol. The van der Waals surface area contributed by atoms with Crippen LogP contribution in [-0.4, -0.2) is 30.3 Å². The van der Waals surface area contributed by atoms with E-state index in [1.165, 1.54) is 18.6 Å². The molecule has 0 N–H and O–H groups in total. The first-order valence-corrected chi connectivity index (χ1v) is 9.46. The van der Waals surface area contributed by atoms with Crippen molar-refractivity contribution in [2.45, 2.75) is 24.9 Å². The molecule has 2 aliphatic heterocycles. The Morgan fingerprint density at radius 1 is 1.07 bits per heavy atom. The van der Waals surface area contributed by atoms with E-state index in [1.807, 2.05) is 0 Å². The summed E-state index contributed by atoms with van der Waals surface area (Å²) < 4.78 is 50.5. The monoisotopic (exact) mass is 403 g/mol. The summed E-state index contributed by atoms with van der Waals surface area (Å²) in [6, 6.07) is 10.8. The molecule has 2 heterocycles. The summed E-state index contributed by atoms with van der Waals surface area (Å²) >= 11 is 0. The minimum atomic E-state index is -4.35. The number of hydrogen-bond donors (Lipinski definition) is 0. The SMILES string of the molecule is O=C(CCN1CCC(c2ccccc2C(F)(F)F)C1)c1ccc2c(c1)OC=CO2. The van der Waals surface area contributed by atoms with Gasteiger partial charge >= 0.3 is 6.18 Å². The van der Waals surface area contributed by atoms with Gasteiger partial charge in [0.15, 0.2) is 17.3 Å². The van der Waals surface area contributed by atoms with E-state index >= 15 is 0 Å². The Balaban J connectivity index is 1.36. The van der Waals surface area contributed by atoms with E-state index in [9.17, 15) is 18.0 Å². The molecule has 2 aliphatic rings. The Morgan fingerprint density at radius 2 is 1.83 bits per heavy atom. The smallest absolute Gasteiger partial charge is 0.416 e. The molecule has 2 aromatic carbocycles. The van der Waals surface area contributed by atoms with E-state index < -0.39 is 11.7 Å². The van der Waals surface area contributed by atoms with Crippen LogP contribution in [0.1, 0.15) is 40.2 Å². The van der Waals surface area contributed by atoms with Gasteiger partial charge in [0.1, 0.15) is 12.5 Å². The largest absolute Gasteiger partial charge is 0.458 e. The molecule has 0 saturated carbocycles. The van der Waals surface area contributed by atoms with Crippen LogP contribution in [0.15, 0.2) is 55.0 Å². The third-order valence-electron chi connectivity index (χ3n) is 5.34. The lowest BCUT2D eigenvalue weighted by atomic mass is 9.93. The number of hydrogen-bond acceptors (Lipinski definition) is 4. The minimum Gasteiger partial charge on any atom is -0.458 e. The van der Waals surface area contributed by atoms with Crippen molar-refractivity contribution in [1.29, 1.82) is 0 Å². The second-order valence-electron chi connectivity index (χ2n) is 7.21. The number of halogens is 3. The highest BCUT2D eigenvalue weighted by atomic mass is 19.4. The van der Waals surface area contributed by atoms with Gasteiger partial charge in [-0.2, -0.15) is 13.2 Å². The van der Waals surface area contributed by atoms with Crippen LogP contribution >= 0.6 is 0 Å². The Hall–Kier alpha value is -2.80. The summed E-state index contributed by atoms with van der Waals surface area (Å²) in [6.45, 7) is 1.71. The standard InChI is InChI=1S/C22H20F3NO3/c23-22(24,25)18-4-2-1-3-17(18)16-7-9-26(14-16)10-8-19(27)15-5-6-20-21(13-15)29-12-11-28-20/h1-6,11-13,16H,7-10,14H2. The minimum absolute atomic E-state index is 0.0369. The van der Waals surface area contributed by atoms with Crippen LogP contribution in [0.3, 0.4) is 0 Å². The molecule has 4 rings (SSSR count). The van der Waals surface area contributed by atoms with E-state index in [1.54, 1.807) is 30.3 Å². The number of benzene rings is 2. The highest BCUT2D eigenvalue weighted by Crippen LogP contribution is 2.38. The van der Waals surface area contributed by atoms with Crippen molar-refractivity contribution in [2.75, 3.05) is 19.6 Å². The number of nitrogens with zero attached hydrogens (tertiary/aromatic N) is 1. The molecule has 0 bridgehead atoms. The first-order valence-electron chi connectivity index (χ1n) is 9.46. The maximum absolute atomic E-state index is 13.3. The molecule has 0 radical (unpaired) electrons. The molecular formula is C22H20F3NO3. The van der Waals surface area contributed by atoms with Crippen LogP contribution in [0.25, 0.3) is 0 Å². The van der Waals surface area contributed by atoms with E-state index in [-0.39, 0.29) is 11.7 Å². The van der Waals surface area contributed by atoms with Crippen molar-refractivity contribution in [3.05, 3.63) is 71.7 Å². The number of fused-ring (bicyclic) bond motifs is 1. The van der Waals surface area contributed by atoms with Gasteiger partial charge in [-0.05, 0) is 48.7 Å². The summed E-state index contributed by atoms with van der Waals surface area (Å²) in [5.41, 5.74) is 0.308. The Morgan fingerprint density at radius 3 is 2.62 bits per heavy atom. The first kappa shape index (κ1) is 19.5. The summed E-state index contributed by atoms with van der Waals surface area (Å²) in [7, 11) is 0.